The average Bonchev–Trinajstić information content (AvgIpc) is 3.77. The van der Waals surface area contributed by atoms with E-state index < -0.39 is 8.07 Å². The van der Waals surface area contributed by atoms with Crippen LogP contribution in [0.5, 0.6) is 23.0 Å². The van der Waals surface area contributed by atoms with E-state index in [2.05, 4.69) is 191 Å². The zero-order valence-electron chi connectivity index (χ0n) is 32.8. The number of hydrogen-bond acceptors (Lipinski definition) is 2. The van der Waals surface area contributed by atoms with E-state index in [0.29, 0.717) is 5.92 Å². The van der Waals surface area contributed by atoms with Gasteiger partial charge in [0.15, 0.2) is 8.07 Å². The highest BCUT2D eigenvalue weighted by molar-refractivity contribution is 7.20. The topological polar surface area (TPSA) is 18.5 Å². The van der Waals surface area contributed by atoms with E-state index in [9.17, 15) is 0 Å². The Labute approximate surface area is 332 Å². The second kappa shape index (κ2) is 13.2. The van der Waals surface area contributed by atoms with E-state index in [4.69, 9.17) is 9.47 Å². The van der Waals surface area contributed by atoms with Crippen LogP contribution < -0.4 is 30.2 Å². The molecule has 0 aromatic heterocycles. The first kappa shape index (κ1) is 34.8. The van der Waals surface area contributed by atoms with Crippen LogP contribution in [0.4, 0.5) is 0 Å². The molecule has 276 valence electrons. The summed E-state index contributed by atoms with van der Waals surface area (Å²) in [6.07, 6.45) is 4.97. The Balaban J connectivity index is 1.29. The maximum absolute atomic E-state index is 7.18. The molecule has 0 unspecified atom stereocenters. The predicted octanol–water partition coefficient (Wildman–Crippen LogP) is 11.3. The Morgan fingerprint density at radius 2 is 0.946 bits per heavy atom. The third kappa shape index (κ3) is 5.20. The number of ether oxygens (including phenoxy) is 2. The second-order valence-corrected chi connectivity index (χ2v) is 20.8. The van der Waals surface area contributed by atoms with E-state index in [1.807, 2.05) is 0 Å². The minimum Gasteiger partial charge on any atom is -0.457 e. The summed E-state index contributed by atoms with van der Waals surface area (Å²) in [5.41, 5.74) is 8.37. The third-order valence-corrected chi connectivity index (χ3v) is 18.1. The van der Waals surface area contributed by atoms with Gasteiger partial charge in [-0.05, 0) is 62.8 Å². The van der Waals surface area contributed by atoms with Gasteiger partial charge in [-0.15, -0.1) is 0 Å². The van der Waals surface area contributed by atoms with Crippen molar-refractivity contribution in [2.45, 2.75) is 70.1 Å². The van der Waals surface area contributed by atoms with Gasteiger partial charge in [0.2, 0.25) is 0 Å². The highest BCUT2D eigenvalue weighted by Gasteiger charge is 2.47. The van der Waals surface area contributed by atoms with Crippen molar-refractivity contribution in [2.24, 2.45) is 0 Å². The monoisotopic (exact) mass is 744 g/mol. The molecule has 2 heterocycles. The van der Waals surface area contributed by atoms with Gasteiger partial charge in [0, 0.05) is 38.6 Å². The summed E-state index contributed by atoms with van der Waals surface area (Å²) >= 11 is 0. The normalized spacial score (nSPS) is 16.4. The van der Waals surface area contributed by atoms with Crippen LogP contribution in [0.1, 0.15) is 87.1 Å². The number of rotatable bonds is 6. The highest BCUT2D eigenvalue weighted by Crippen LogP contribution is 2.53. The summed E-state index contributed by atoms with van der Waals surface area (Å²) in [4.78, 5) is 0. The minimum atomic E-state index is -3.08. The Bertz CT molecular complexity index is 2560. The Kier molecular flexibility index (Phi) is 8.23. The molecule has 1 aliphatic carbocycles. The van der Waals surface area contributed by atoms with Crippen LogP contribution >= 0.6 is 0 Å². The van der Waals surface area contributed by atoms with E-state index in [0.717, 1.165) is 23.0 Å². The Hall–Kier alpha value is -5.64. The van der Waals surface area contributed by atoms with Crippen molar-refractivity contribution in [1.82, 2.24) is 0 Å². The zero-order valence-corrected chi connectivity index (χ0v) is 33.8. The van der Waals surface area contributed by atoms with Gasteiger partial charge in [0.25, 0.3) is 0 Å². The summed E-state index contributed by atoms with van der Waals surface area (Å²) in [6, 6.07) is 61.0. The number of fused-ring (bicyclic) bond motifs is 4. The zero-order chi connectivity index (χ0) is 38.1. The molecule has 1 fully saturated rings. The fraction of sp³-hybridized carbons (Fsp3) is 0.208. The first-order chi connectivity index (χ1) is 27.3. The van der Waals surface area contributed by atoms with Crippen molar-refractivity contribution in [2.75, 3.05) is 0 Å². The molecule has 0 spiro atoms. The van der Waals surface area contributed by atoms with Crippen molar-refractivity contribution in [3.05, 3.63) is 192 Å². The van der Waals surface area contributed by atoms with E-state index in [-0.39, 0.29) is 10.8 Å². The number of hydrogen-bond donors (Lipinski definition) is 0. The molecule has 0 N–H and O–H groups in total. The first-order valence-corrected chi connectivity index (χ1v) is 22.4. The van der Waals surface area contributed by atoms with Gasteiger partial charge in [0.1, 0.15) is 23.0 Å². The van der Waals surface area contributed by atoms with Gasteiger partial charge < -0.3 is 9.47 Å². The Morgan fingerprint density at radius 3 is 1.55 bits per heavy atom. The average molecular weight is 745 g/mol. The highest BCUT2D eigenvalue weighted by atomic mass is 28.3. The molecule has 2 aliphatic heterocycles. The van der Waals surface area contributed by atoms with Crippen LogP contribution in [0.2, 0.25) is 0 Å². The summed E-state index contributed by atoms with van der Waals surface area (Å²) in [5.74, 6) is 4.38. The molecule has 0 saturated heterocycles. The van der Waals surface area contributed by atoms with Crippen LogP contribution in [0.25, 0.3) is 11.1 Å². The minimum absolute atomic E-state index is 0.207. The van der Waals surface area contributed by atoms with E-state index >= 15 is 0 Å². The molecule has 0 bridgehead atoms. The standard InChI is InChI=1S/C53H48O2Si/c1-52(2)43-26-13-15-30-47(43)54-50-41(25-17-28-45(50)52)42-35-39(33-34-40(42)36-19-11-12-20-36)56(37-21-7-5-8-22-37,38-23-9-6-10-24-38)49-32-18-29-46-51(49)55-48-31-16-14-27-44(48)53(46,3)4/h5-10,13-18,21-36H,11-12,19-20H2,1-4H3. The maximum Gasteiger partial charge on any atom is 0.184 e. The van der Waals surface area contributed by atoms with Crippen LogP contribution in [0.15, 0.2) is 164 Å². The molecule has 7 aromatic rings. The lowest BCUT2D eigenvalue weighted by Crippen LogP contribution is -2.75. The molecule has 56 heavy (non-hydrogen) atoms. The molecular formula is C53H48O2Si. The van der Waals surface area contributed by atoms with Gasteiger partial charge in [-0.25, -0.2) is 0 Å². The van der Waals surface area contributed by atoms with Gasteiger partial charge in [-0.2, -0.15) is 0 Å². The summed E-state index contributed by atoms with van der Waals surface area (Å²) in [6.45, 7) is 9.37. The summed E-state index contributed by atoms with van der Waals surface area (Å²) < 4.78 is 14.2. The molecule has 1 saturated carbocycles. The van der Waals surface area contributed by atoms with Gasteiger partial charge >= 0.3 is 0 Å². The lowest BCUT2D eigenvalue weighted by atomic mass is 9.74. The van der Waals surface area contributed by atoms with Crippen molar-refractivity contribution in [1.29, 1.82) is 0 Å². The largest absolute Gasteiger partial charge is 0.457 e. The lowest BCUT2D eigenvalue weighted by molar-refractivity contribution is 0.419. The Morgan fingerprint density at radius 1 is 0.446 bits per heavy atom. The first-order valence-electron chi connectivity index (χ1n) is 20.4. The van der Waals surface area contributed by atoms with Crippen LogP contribution in [-0.4, -0.2) is 8.07 Å². The number of para-hydroxylation sites is 4. The van der Waals surface area contributed by atoms with Crippen molar-refractivity contribution >= 4 is 28.8 Å². The van der Waals surface area contributed by atoms with Crippen LogP contribution in [-0.2, 0) is 10.8 Å². The summed E-state index contributed by atoms with van der Waals surface area (Å²) in [7, 11) is -3.08. The quantitative estimate of drug-likeness (QED) is 0.125. The van der Waals surface area contributed by atoms with Gasteiger partial charge in [-0.3, -0.25) is 0 Å². The molecular weight excluding hydrogens is 697 g/mol. The van der Waals surface area contributed by atoms with E-state index in [1.165, 1.54) is 85.4 Å². The molecule has 3 aliphatic rings. The molecule has 0 radical (unpaired) electrons. The molecule has 3 heteroatoms. The van der Waals surface area contributed by atoms with Crippen molar-refractivity contribution in [3.63, 3.8) is 0 Å². The third-order valence-electron chi connectivity index (χ3n) is 13.3. The smallest absolute Gasteiger partial charge is 0.184 e. The van der Waals surface area contributed by atoms with Crippen molar-refractivity contribution < 1.29 is 9.47 Å². The molecule has 7 aromatic carbocycles. The molecule has 10 rings (SSSR count). The SMILES string of the molecule is CC1(C)c2ccccc2Oc2c(-c3cc([Si](c4ccccc4)(c4ccccc4)c4cccc5c4Oc4ccccc4C5(C)C)ccc3C3CCCC3)cccc21. The predicted molar refractivity (Wildman–Crippen MR) is 234 cm³/mol. The van der Waals surface area contributed by atoms with Gasteiger partial charge in [-0.1, -0.05) is 192 Å². The maximum atomic E-state index is 7.18. The lowest BCUT2D eigenvalue weighted by Gasteiger charge is -2.41. The fourth-order valence-corrected chi connectivity index (χ4v) is 15.3. The van der Waals surface area contributed by atoms with E-state index in [1.54, 1.807) is 0 Å². The fourth-order valence-electron chi connectivity index (χ4n) is 10.4. The van der Waals surface area contributed by atoms with Crippen molar-refractivity contribution in [3.8, 4) is 34.1 Å². The molecule has 2 nitrogen and oxygen atoms in total. The molecule has 0 atom stereocenters. The van der Waals surface area contributed by atoms with Gasteiger partial charge in [0.05, 0.1) is 0 Å². The summed E-state index contributed by atoms with van der Waals surface area (Å²) in [5, 5.41) is 5.28. The second-order valence-electron chi connectivity index (χ2n) is 17.1. The van der Waals surface area contributed by atoms with Crippen LogP contribution in [0, 0.1) is 0 Å². The number of benzene rings is 7. The van der Waals surface area contributed by atoms with Crippen LogP contribution in [0.3, 0.4) is 0 Å². The molecule has 0 amide bonds.